The number of nitrogens with one attached hydrogen (secondary N) is 1. The number of carbonyl (C=O) groups excluding carboxylic acids is 1. The lowest BCUT2D eigenvalue weighted by atomic mass is 9.89. The molecule has 0 radical (unpaired) electrons. The second kappa shape index (κ2) is 10.3. The largest absolute Gasteiger partial charge is 0.497 e. The van der Waals surface area contributed by atoms with Crippen LogP contribution >= 0.6 is 11.6 Å². The van der Waals surface area contributed by atoms with E-state index in [9.17, 15) is 13.2 Å². The standard InChI is InChI=1S/C28H31ClN2O5S/c1-18-6-9-21(14-19(18)2)31(37(33,34)23-11-7-20(29)8-12-23)17-27(32)30-25-16-28(3,4)36-26-13-10-22(35-5)15-24(25)26/h6-15,25H,16-17H2,1-5H3,(H,30,32). The normalized spacial score (nSPS) is 16.3. The van der Waals surface area contributed by atoms with Gasteiger partial charge in [0.25, 0.3) is 10.0 Å². The number of ether oxygens (including phenoxy) is 2. The first-order valence-corrected chi connectivity index (χ1v) is 13.7. The molecule has 0 aromatic heterocycles. The fourth-order valence-corrected chi connectivity index (χ4v) is 5.93. The Morgan fingerprint density at radius 2 is 1.78 bits per heavy atom. The van der Waals surface area contributed by atoms with Crippen LogP contribution in [-0.2, 0) is 14.8 Å². The second-order valence-corrected chi connectivity index (χ2v) is 12.1. The molecule has 0 bridgehead atoms. The van der Waals surface area contributed by atoms with E-state index in [1.807, 2.05) is 45.9 Å². The molecule has 3 aromatic carbocycles. The summed E-state index contributed by atoms with van der Waals surface area (Å²) >= 11 is 5.98. The van der Waals surface area contributed by atoms with Crippen molar-refractivity contribution in [1.29, 1.82) is 0 Å². The first-order chi connectivity index (χ1) is 17.4. The Bertz CT molecular complexity index is 1420. The number of hydrogen-bond donors (Lipinski definition) is 1. The molecule has 4 rings (SSSR count). The van der Waals surface area contributed by atoms with E-state index < -0.39 is 28.1 Å². The third kappa shape index (κ3) is 5.86. The van der Waals surface area contributed by atoms with Crippen molar-refractivity contribution in [2.75, 3.05) is 18.0 Å². The average Bonchev–Trinajstić information content (AvgIpc) is 2.83. The Morgan fingerprint density at radius 1 is 1.08 bits per heavy atom. The second-order valence-electron chi connectivity index (χ2n) is 9.82. The van der Waals surface area contributed by atoms with Gasteiger partial charge in [-0.05, 0) is 93.4 Å². The zero-order valence-electron chi connectivity index (χ0n) is 21.5. The predicted octanol–water partition coefficient (Wildman–Crippen LogP) is 5.58. The summed E-state index contributed by atoms with van der Waals surface area (Å²) in [5.41, 5.74) is 2.60. The van der Waals surface area contributed by atoms with Gasteiger partial charge >= 0.3 is 0 Å². The van der Waals surface area contributed by atoms with Crippen molar-refractivity contribution in [3.63, 3.8) is 0 Å². The van der Waals surface area contributed by atoms with E-state index >= 15 is 0 Å². The maximum atomic E-state index is 13.7. The number of fused-ring (bicyclic) bond motifs is 1. The van der Waals surface area contributed by atoms with E-state index in [-0.39, 0.29) is 10.9 Å². The summed E-state index contributed by atoms with van der Waals surface area (Å²) in [5.74, 6) is 0.859. The molecule has 196 valence electrons. The Balaban J connectivity index is 1.68. The van der Waals surface area contributed by atoms with Crippen molar-refractivity contribution in [3.05, 3.63) is 82.4 Å². The van der Waals surface area contributed by atoms with Gasteiger partial charge in [0.15, 0.2) is 0 Å². The summed E-state index contributed by atoms with van der Waals surface area (Å²) in [6.45, 7) is 7.35. The minimum absolute atomic E-state index is 0.0465. The molecule has 37 heavy (non-hydrogen) atoms. The first-order valence-electron chi connectivity index (χ1n) is 11.9. The quantitative estimate of drug-likeness (QED) is 0.421. The predicted molar refractivity (Wildman–Crippen MR) is 145 cm³/mol. The van der Waals surface area contributed by atoms with Gasteiger partial charge in [0.05, 0.1) is 23.7 Å². The third-order valence-electron chi connectivity index (χ3n) is 6.48. The van der Waals surface area contributed by atoms with Crippen LogP contribution in [0.4, 0.5) is 5.69 Å². The molecule has 1 N–H and O–H groups in total. The van der Waals surface area contributed by atoms with Gasteiger partial charge in [0.1, 0.15) is 23.6 Å². The molecule has 0 fully saturated rings. The Morgan fingerprint density at radius 3 is 2.43 bits per heavy atom. The lowest BCUT2D eigenvalue weighted by Crippen LogP contribution is -2.45. The van der Waals surface area contributed by atoms with Crippen molar-refractivity contribution in [2.24, 2.45) is 0 Å². The highest BCUT2D eigenvalue weighted by molar-refractivity contribution is 7.92. The molecule has 0 saturated heterocycles. The molecule has 7 nitrogen and oxygen atoms in total. The number of carbonyl (C=O) groups is 1. The van der Waals surface area contributed by atoms with E-state index in [0.717, 1.165) is 21.0 Å². The number of sulfonamides is 1. The van der Waals surface area contributed by atoms with Crippen LogP contribution in [-0.4, -0.2) is 33.6 Å². The molecule has 1 aliphatic heterocycles. The fourth-order valence-electron chi connectivity index (χ4n) is 4.39. The van der Waals surface area contributed by atoms with Crippen molar-refractivity contribution >= 4 is 33.2 Å². The van der Waals surface area contributed by atoms with Crippen molar-refractivity contribution in [3.8, 4) is 11.5 Å². The van der Waals surface area contributed by atoms with Gasteiger partial charge < -0.3 is 14.8 Å². The molecule has 0 aliphatic carbocycles. The summed E-state index contributed by atoms with van der Waals surface area (Å²) < 4.78 is 40.0. The van der Waals surface area contributed by atoms with Crippen LogP contribution < -0.4 is 19.1 Å². The van der Waals surface area contributed by atoms with E-state index in [0.29, 0.717) is 28.6 Å². The first kappa shape index (κ1) is 26.8. The SMILES string of the molecule is COc1ccc2c(c1)C(NC(=O)CN(c1ccc(C)c(C)c1)S(=O)(=O)c1ccc(Cl)cc1)CC(C)(C)O2. The van der Waals surface area contributed by atoms with Crippen LogP contribution in [0.25, 0.3) is 0 Å². The Kier molecular flexibility index (Phi) is 7.44. The lowest BCUT2D eigenvalue weighted by molar-refractivity contribution is -0.120. The van der Waals surface area contributed by atoms with Crippen LogP contribution in [0.15, 0.2) is 65.6 Å². The summed E-state index contributed by atoms with van der Waals surface area (Å²) in [5, 5.41) is 3.46. The molecule has 1 amide bonds. The van der Waals surface area contributed by atoms with Gasteiger partial charge in [0, 0.05) is 17.0 Å². The van der Waals surface area contributed by atoms with Crippen LogP contribution in [0.5, 0.6) is 11.5 Å². The maximum Gasteiger partial charge on any atom is 0.264 e. The number of rotatable bonds is 7. The van der Waals surface area contributed by atoms with Crippen molar-refractivity contribution in [2.45, 2.75) is 50.7 Å². The number of hydrogen-bond acceptors (Lipinski definition) is 5. The van der Waals surface area contributed by atoms with Gasteiger partial charge in [-0.2, -0.15) is 0 Å². The minimum atomic E-state index is -4.06. The molecule has 3 aromatic rings. The number of nitrogens with zero attached hydrogens (tertiary/aromatic N) is 1. The molecule has 1 unspecified atom stereocenters. The number of amides is 1. The van der Waals surface area contributed by atoms with E-state index in [1.165, 1.54) is 24.3 Å². The third-order valence-corrected chi connectivity index (χ3v) is 8.52. The molecule has 0 saturated carbocycles. The van der Waals surface area contributed by atoms with Crippen LogP contribution in [0.3, 0.4) is 0 Å². The zero-order chi connectivity index (χ0) is 27.0. The smallest absolute Gasteiger partial charge is 0.264 e. The van der Waals surface area contributed by atoms with Gasteiger partial charge in [-0.3, -0.25) is 9.10 Å². The monoisotopic (exact) mass is 542 g/mol. The van der Waals surface area contributed by atoms with E-state index in [1.54, 1.807) is 25.3 Å². The van der Waals surface area contributed by atoms with Crippen molar-refractivity contribution in [1.82, 2.24) is 5.32 Å². The lowest BCUT2D eigenvalue weighted by Gasteiger charge is -2.38. The molecule has 1 aliphatic rings. The number of aryl methyl sites for hydroxylation is 2. The maximum absolute atomic E-state index is 13.7. The minimum Gasteiger partial charge on any atom is -0.497 e. The Labute approximate surface area is 223 Å². The zero-order valence-corrected chi connectivity index (χ0v) is 23.1. The Hall–Kier alpha value is -3.23. The molecular weight excluding hydrogens is 512 g/mol. The van der Waals surface area contributed by atoms with Crippen LogP contribution in [0, 0.1) is 13.8 Å². The summed E-state index contributed by atoms with van der Waals surface area (Å²) in [4.78, 5) is 13.5. The van der Waals surface area contributed by atoms with Gasteiger partial charge in [0.2, 0.25) is 5.91 Å². The summed E-state index contributed by atoms with van der Waals surface area (Å²) in [6, 6.07) is 16.3. The average molecular weight is 543 g/mol. The number of halogens is 1. The van der Waals surface area contributed by atoms with Gasteiger partial charge in [-0.25, -0.2) is 8.42 Å². The van der Waals surface area contributed by atoms with E-state index in [2.05, 4.69) is 5.32 Å². The highest BCUT2D eigenvalue weighted by Crippen LogP contribution is 2.41. The molecule has 0 spiro atoms. The van der Waals surface area contributed by atoms with Crippen LogP contribution in [0.1, 0.15) is 43.0 Å². The summed E-state index contributed by atoms with van der Waals surface area (Å²) in [7, 11) is -2.49. The molecular formula is C28H31ClN2O5S. The molecule has 1 atom stereocenters. The highest BCUT2D eigenvalue weighted by Gasteiger charge is 2.36. The number of anilines is 1. The molecule has 1 heterocycles. The van der Waals surface area contributed by atoms with E-state index in [4.69, 9.17) is 21.1 Å². The van der Waals surface area contributed by atoms with Gasteiger partial charge in [-0.15, -0.1) is 0 Å². The van der Waals surface area contributed by atoms with Gasteiger partial charge in [-0.1, -0.05) is 17.7 Å². The highest BCUT2D eigenvalue weighted by atomic mass is 35.5. The molecule has 9 heteroatoms. The van der Waals surface area contributed by atoms with Crippen molar-refractivity contribution < 1.29 is 22.7 Å². The van der Waals surface area contributed by atoms with Crippen LogP contribution in [0.2, 0.25) is 5.02 Å². The fraction of sp³-hybridized carbons (Fsp3) is 0.321. The number of methoxy groups -OCH3 is 1. The number of benzene rings is 3. The topological polar surface area (TPSA) is 84.9 Å². The summed E-state index contributed by atoms with van der Waals surface area (Å²) in [6.07, 6.45) is 0.506.